The van der Waals surface area contributed by atoms with Crippen LogP contribution in [0.3, 0.4) is 0 Å². The molecule has 2 aromatic carbocycles. The van der Waals surface area contributed by atoms with Gasteiger partial charge < -0.3 is 14.9 Å². The van der Waals surface area contributed by atoms with Gasteiger partial charge in [-0.15, -0.1) is 0 Å². The molecule has 3 aromatic rings. The lowest BCUT2D eigenvalue weighted by Gasteiger charge is -2.15. The number of aliphatic hydroxyl groups excluding tert-OH is 2. The predicted octanol–water partition coefficient (Wildman–Crippen LogP) is 4.33. The van der Waals surface area contributed by atoms with Crippen LogP contribution in [0.1, 0.15) is 49.8 Å². The second kappa shape index (κ2) is 10.1. The van der Waals surface area contributed by atoms with Gasteiger partial charge in [0.15, 0.2) is 0 Å². The molecule has 0 spiro atoms. The molecule has 0 radical (unpaired) electrons. The van der Waals surface area contributed by atoms with Crippen LogP contribution in [-0.2, 0) is 9.53 Å². The number of halogens is 1. The summed E-state index contributed by atoms with van der Waals surface area (Å²) < 4.78 is 18.5. The van der Waals surface area contributed by atoms with Crippen molar-refractivity contribution < 1.29 is 24.1 Å². The average Bonchev–Trinajstić information content (AvgIpc) is 3.63. The molecule has 6 heteroatoms. The van der Waals surface area contributed by atoms with Gasteiger partial charge in [-0.2, -0.15) is 0 Å². The number of aromatic nitrogens is 1. The minimum absolute atomic E-state index is 0.0720. The molecule has 0 amide bonds. The first-order valence-electron chi connectivity index (χ1n) is 11.2. The summed E-state index contributed by atoms with van der Waals surface area (Å²) in [5.41, 5.74) is 4.10. The topological polar surface area (TPSA) is 79.7 Å². The number of nitrogens with zero attached hydrogens (tertiary/aromatic N) is 1. The van der Waals surface area contributed by atoms with Crippen molar-refractivity contribution >= 4 is 16.9 Å². The Labute approximate surface area is 192 Å². The zero-order valence-electron chi connectivity index (χ0n) is 18.4. The molecule has 0 saturated heterocycles. The van der Waals surface area contributed by atoms with Crippen molar-refractivity contribution in [3.63, 3.8) is 0 Å². The maximum absolute atomic E-state index is 13.6. The van der Waals surface area contributed by atoms with Gasteiger partial charge in [0, 0.05) is 23.3 Å². The number of carbonyl (C=O) groups is 1. The van der Waals surface area contributed by atoms with Crippen LogP contribution >= 0.6 is 0 Å². The highest BCUT2D eigenvalue weighted by atomic mass is 19.1. The van der Waals surface area contributed by atoms with E-state index in [-0.39, 0.29) is 25.3 Å². The minimum atomic E-state index is -1.13. The molecule has 4 rings (SSSR count). The van der Waals surface area contributed by atoms with E-state index >= 15 is 0 Å². The van der Waals surface area contributed by atoms with Crippen molar-refractivity contribution in [2.45, 2.75) is 50.7 Å². The van der Waals surface area contributed by atoms with E-state index in [2.05, 4.69) is 11.8 Å². The van der Waals surface area contributed by atoms with E-state index in [1.807, 2.05) is 24.3 Å². The van der Waals surface area contributed by atoms with Crippen molar-refractivity contribution in [3.05, 3.63) is 65.6 Å². The zero-order valence-corrected chi connectivity index (χ0v) is 18.4. The van der Waals surface area contributed by atoms with Crippen LogP contribution in [0.4, 0.5) is 4.39 Å². The molecule has 0 aliphatic heterocycles. The van der Waals surface area contributed by atoms with Crippen molar-refractivity contribution in [1.82, 2.24) is 4.98 Å². The predicted molar refractivity (Wildman–Crippen MR) is 124 cm³/mol. The molecular formula is C27H26FNO4. The van der Waals surface area contributed by atoms with Gasteiger partial charge in [-0.25, -0.2) is 4.39 Å². The summed E-state index contributed by atoms with van der Waals surface area (Å²) >= 11 is 0. The largest absolute Gasteiger partial charge is 0.466 e. The number of ether oxygens (including phenoxy) is 1. The number of esters is 1. The van der Waals surface area contributed by atoms with E-state index in [0.29, 0.717) is 11.5 Å². The van der Waals surface area contributed by atoms with Crippen molar-refractivity contribution in [2.75, 3.05) is 6.61 Å². The first kappa shape index (κ1) is 22.9. The lowest BCUT2D eigenvalue weighted by Crippen LogP contribution is -2.21. The molecule has 1 saturated carbocycles. The molecule has 1 aliphatic carbocycles. The molecule has 5 nitrogen and oxygen atoms in total. The Kier molecular flexibility index (Phi) is 7.02. The van der Waals surface area contributed by atoms with E-state index < -0.39 is 18.2 Å². The number of hydrogen-bond acceptors (Lipinski definition) is 5. The van der Waals surface area contributed by atoms with E-state index in [0.717, 1.165) is 40.6 Å². The number of hydrogen-bond donors (Lipinski definition) is 2. The van der Waals surface area contributed by atoms with Crippen molar-refractivity contribution in [2.24, 2.45) is 0 Å². The SMILES string of the molecule is CCOC(=O)C[C@H](O)C[C@H](O)C#Cc1c(C2CC2)nc2ccccc2c1-c1ccc(F)cc1. The van der Waals surface area contributed by atoms with Gasteiger partial charge in [0.05, 0.1) is 35.9 Å². The summed E-state index contributed by atoms with van der Waals surface area (Å²) in [5, 5.41) is 21.4. The maximum atomic E-state index is 13.6. The molecule has 1 aliphatic rings. The highest BCUT2D eigenvalue weighted by Gasteiger charge is 2.30. The normalized spacial score (nSPS) is 14.9. The number of rotatable bonds is 7. The number of carbonyl (C=O) groups excluding carboxylic acids is 1. The summed E-state index contributed by atoms with van der Waals surface area (Å²) in [4.78, 5) is 16.4. The molecule has 1 aromatic heterocycles. The maximum Gasteiger partial charge on any atom is 0.308 e. The van der Waals surface area contributed by atoms with Crippen LogP contribution in [-0.4, -0.2) is 40.0 Å². The quantitative estimate of drug-likeness (QED) is 0.416. The van der Waals surface area contributed by atoms with Gasteiger partial charge in [0.1, 0.15) is 11.9 Å². The Hall–Kier alpha value is -3.27. The van der Waals surface area contributed by atoms with Gasteiger partial charge in [-0.3, -0.25) is 9.78 Å². The van der Waals surface area contributed by atoms with Gasteiger partial charge in [-0.1, -0.05) is 42.2 Å². The summed E-state index contributed by atoms with van der Waals surface area (Å²) in [6.45, 7) is 1.93. The van der Waals surface area contributed by atoms with Crippen LogP contribution in [0.25, 0.3) is 22.0 Å². The standard InChI is InChI=1S/C27H26FNO4/c1-2-33-25(32)16-21(31)15-20(30)13-14-23-26(17-9-11-19(28)12-10-17)22-5-3-4-6-24(22)29-27(23)18-7-8-18/h3-6,9-12,18,20-21,30-31H,2,7-8,15-16H2,1H3/t20-,21-/m1/s1. The third-order valence-electron chi connectivity index (χ3n) is 5.58. The number of pyridine rings is 1. The fourth-order valence-corrected chi connectivity index (χ4v) is 3.89. The first-order valence-corrected chi connectivity index (χ1v) is 11.2. The third-order valence-corrected chi connectivity index (χ3v) is 5.58. The molecule has 1 heterocycles. The number of benzene rings is 2. The first-order chi connectivity index (χ1) is 16.0. The summed E-state index contributed by atoms with van der Waals surface area (Å²) in [6, 6.07) is 14.0. The van der Waals surface area contributed by atoms with Crippen LogP contribution < -0.4 is 0 Å². The smallest absolute Gasteiger partial charge is 0.308 e. The van der Waals surface area contributed by atoms with Gasteiger partial charge in [-0.05, 0) is 43.5 Å². The molecule has 0 bridgehead atoms. The monoisotopic (exact) mass is 447 g/mol. The van der Waals surface area contributed by atoms with Crippen molar-refractivity contribution in [1.29, 1.82) is 0 Å². The van der Waals surface area contributed by atoms with Crippen LogP contribution in [0.15, 0.2) is 48.5 Å². The van der Waals surface area contributed by atoms with Crippen LogP contribution in [0, 0.1) is 17.7 Å². The lowest BCUT2D eigenvalue weighted by molar-refractivity contribution is -0.145. The van der Waals surface area contributed by atoms with Crippen molar-refractivity contribution in [3.8, 4) is 23.0 Å². The Morgan fingerprint density at radius 2 is 1.91 bits per heavy atom. The van der Waals surface area contributed by atoms with E-state index in [1.165, 1.54) is 12.1 Å². The minimum Gasteiger partial charge on any atom is -0.466 e. The number of fused-ring (bicyclic) bond motifs is 1. The molecule has 33 heavy (non-hydrogen) atoms. The Morgan fingerprint density at radius 1 is 1.18 bits per heavy atom. The Bertz CT molecular complexity index is 1210. The Balaban J connectivity index is 1.73. The van der Waals surface area contributed by atoms with Gasteiger partial charge in [0.2, 0.25) is 0 Å². The summed E-state index contributed by atoms with van der Waals surface area (Å²) in [6.07, 6.45) is -0.417. The second-order valence-corrected chi connectivity index (χ2v) is 8.23. The Morgan fingerprint density at radius 3 is 2.61 bits per heavy atom. The molecule has 2 N–H and O–H groups in total. The van der Waals surface area contributed by atoms with E-state index in [9.17, 15) is 19.4 Å². The number of aliphatic hydroxyl groups is 2. The molecular weight excluding hydrogens is 421 g/mol. The highest BCUT2D eigenvalue weighted by molar-refractivity contribution is 5.98. The molecule has 0 unspecified atom stereocenters. The highest BCUT2D eigenvalue weighted by Crippen LogP contribution is 2.44. The van der Waals surface area contributed by atoms with Gasteiger partial charge >= 0.3 is 5.97 Å². The van der Waals surface area contributed by atoms with E-state index in [1.54, 1.807) is 19.1 Å². The summed E-state index contributed by atoms with van der Waals surface area (Å²) in [5.74, 6) is 5.39. The lowest BCUT2D eigenvalue weighted by atomic mass is 9.92. The van der Waals surface area contributed by atoms with Gasteiger partial charge in [0.25, 0.3) is 0 Å². The fraction of sp³-hybridized carbons (Fsp3) is 0.333. The zero-order chi connectivity index (χ0) is 23.4. The average molecular weight is 448 g/mol. The second-order valence-electron chi connectivity index (χ2n) is 8.23. The van der Waals surface area contributed by atoms with Crippen LogP contribution in [0.5, 0.6) is 0 Å². The van der Waals surface area contributed by atoms with Crippen LogP contribution in [0.2, 0.25) is 0 Å². The summed E-state index contributed by atoms with van der Waals surface area (Å²) in [7, 11) is 0. The molecule has 170 valence electrons. The number of para-hydroxylation sites is 1. The van der Waals surface area contributed by atoms with E-state index in [4.69, 9.17) is 9.72 Å². The molecule has 2 atom stereocenters. The fourth-order valence-electron chi connectivity index (χ4n) is 3.89. The molecule has 1 fully saturated rings. The third kappa shape index (κ3) is 5.57.